The van der Waals surface area contributed by atoms with Crippen LogP contribution in [0, 0.1) is 0 Å². The Morgan fingerprint density at radius 3 is 2.91 bits per heavy atom. The molecule has 1 aromatic heterocycles. The van der Waals surface area contributed by atoms with Gasteiger partial charge in [-0.2, -0.15) is 5.10 Å². The highest BCUT2D eigenvalue weighted by Gasteiger charge is 2.17. The Hall–Kier alpha value is -1.85. The number of benzene rings is 1. The van der Waals surface area contributed by atoms with E-state index in [4.69, 9.17) is 16.3 Å². The van der Waals surface area contributed by atoms with Crippen LogP contribution >= 0.6 is 11.6 Å². The summed E-state index contributed by atoms with van der Waals surface area (Å²) in [6, 6.07) is 9.40. The van der Waals surface area contributed by atoms with Crippen LogP contribution < -0.4 is 5.32 Å². The Morgan fingerprint density at radius 1 is 1.35 bits per heavy atom. The molecule has 5 nitrogen and oxygen atoms in total. The Morgan fingerprint density at radius 2 is 2.17 bits per heavy atom. The van der Waals surface area contributed by atoms with Gasteiger partial charge in [0.05, 0.1) is 18.8 Å². The van der Waals surface area contributed by atoms with E-state index in [1.807, 2.05) is 24.3 Å². The fourth-order valence-electron chi connectivity index (χ4n) is 2.70. The number of nitrogens with one attached hydrogen (secondary N) is 1. The Balaban J connectivity index is 1.55. The summed E-state index contributed by atoms with van der Waals surface area (Å²) < 4.78 is 7.31. The quantitative estimate of drug-likeness (QED) is 0.880. The smallest absolute Gasteiger partial charge is 0.225 e. The van der Waals surface area contributed by atoms with E-state index in [-0.39, 0.29) is 12.0 Å². The van der Waals surface area contributed by atoms with Crippen LogP contribution in [0.4, 0.5) is 5.82 Å². The molecule has 2 aromatic rings. The van der Waals surface area contributed by atoms with Crippen molar-refractivity contribution in [1.29, 1.82) is 0 Å². The van der Waals surface area contributed by atoms with Crippen LogP contribution in [0.1, 0.15) is 31.2 Å². The molecule has 0 saturated carbocycles. The molecular weight excluding hydrogens is 314 g/mol. The number of hydrogen-bond acceptors (Lipinski definition) is 3. The van der Waals surface area contributed by atoms with Crippen molar-refractivity contribution < 1.29 is 9.53 Å². The molecule has 23 heavy (non-hydrogen) atoms. The van der Waals surface area contributed by atoms with Gasteiger partial charge in [-0.15, -0.1) is 0 Å². The molecule has 0 radical (unpaired) electrons. The van der Waals surface area contributed by atoms with Gasteiger partial charge >= 0.3 is 0 Å². The fourth-order valence-corrected chi connectivity index (χ4v) is 2.82. The van der Waals surface area contributed by atoms with Gasteiger partial charge in [0.25, 0.3) is 0 Å². The maximum Gasteiger partial charge on any atom is 0.225 e. The molecular formula is C17H20ClN3O2. The van der Waals surface area contributed by atoms with Gasteiger partial charge in [0.2, 0.25) is 5.91 Å². The first kappa shape index (κ1) is 16.0. The molecule has 1 atom stereocenters. The molecule has 0 bridgehead atoms. The SMILES string of the molecule is O=C(CCC1CCCO1)Nc1ccnn1Cc1ccc(Cl)cc1. The van der Waals surface area contributed by atoms with E-state index in [1.165, 1.54) is 0 Å². The van der Waals surface area contributed by atoms with Crippen LogP contribution in [0.25, 0.3) is 0 Å². The maximum absolute atomic E-state index is 12.1. The van der Waals surface area contributed by atoms with Crippen LogP contribution in [0.15, 0.2) is 36.5 Å². The predicted molar refractivity (Wildman–Crippen MR) is 89.6 cm³/mol. The summed E-state index contributed by atoms with van der Waals surface area (Å²) in [6.45, 7) is 1.41. The third kappa shape index (κ3) is 4.56. The normalized spacial score (nSPS) is 17.3. The number of hydrogen-bond donors (Lipinski definition) is 1. The van der Waals surface area contributed by atoms with Crippen molar-refractivity contribution in [1.82, 2.24) is 9.78 Å². The standard InChI is InChI=1S/C17H20ClN3O2/c18-14-5-3-13(4-6-14)12-21-16(9-10-19-21)20-17(22)8-7-15-2-1-11-23-15/h3-6,9-10,15H,1-2,7-8,11-12H2,(H,20,22). The van der Waals surface area contributed by atoms with E-state index < -0.39 is 0 Å². The Labute approximate surface area is 140 Å². The molecule has 1 saturated heterocycles. The Bertz CT molecular complexity index is 648. The zero-order chi connectivity index (χ0) is 16.1. The topological polar surface area (TPSA) is 56.1 Å². The third-order valence-corrected chi connectivity index (χ3v) is 4.20. The summed E-state index contributed by atoms with van der Waals surface area (Å²) >= 11 is 5.89. The molecule has 1 aromatic carbocycles. The van der Waals surface area contributed by atoms with Gasteiger partial charge in [0.15, 0.2) is 0 Å². The minimum atomic E-state index is -0.00152. The summed E-state index contributed by atoms with van der Waals surface area (Å²) in [6.07, 6.45) is 5.32. The first-order chi connectivity index (χ1) is 11.2. The zero-order valence-electron chi connectivity index (χ0n) is 12.9. The molecule has 1 N–H and O–H groups in total. The number of carbonyl (C=O) groups excluding carboxylic acids is 1. The van der Waals surface area contributed by atoms with Gasteiger partial charge in [0.1, 0.15) is 5.82 Å². The average molecular weight is 334 g/mol. The van der Waals surface area contributed by atoms with Crippen molar-refractivity contribution in [2.75, 3.05) is 11.9 Å². The third-order valence-electron chi connectivity index (χ3n) is 3.95. The van der Waals surface area contributed by atoms with Crippen LogP contribution in [-0.4, -0.2) is 28.4 Å². The van der Waals surface area contributed by atoms with E-state index in [9.17, 15) is 4.79 Å². The highest BCUT2D eigenvalue weighted by atomic mass is 35.5. The van der Waals surface area contributed by atoms with Crippen LogP contribution in [0.2, 0.25) is 5.02 Å². The van der Waals surface area contributed by atoms with E-state index >= 15 is 0 Å². The van der Waals surface area contributed by atoms with Gasteiger partial charge in [-0.3, -0.25) is 4.79 Å². The second-order valence-electron chi connectivity index (χ2n) is 5.72. The molecule has 0 aliphatic carbocycles. The lowest BCUT2D eigenvalue weighted by molar-refractivity contribution is -0.116. The van der Waals surface area contributed by atoms with E-state index in [0.29, 0.717) is 23.8 Å². The highest BCUT2D eigenvalue weighted by Crippen LogP contribution is 2.18. The lowest BCUT2D eigenvalue weighted by atomic mass is 10.1. The van der Waals surface area contributed by atoms with Gasteiger partial charge in [-0.1, -0.05) is 23.7 Å². The van der Waals surface area contributed by atoms with Gasteiger partial charge in [-0.25, -0.2) is 4.68 Å². The van der Waals surface area contributed by atoms with Crippen molar-refractivity contribution in [3.05, 3.63) is 47.1 Å². The monoisotopic (exact) mass is 333 g/mol. The number of aromatic nitrogens is 2. The minimum Gasteiger partial charge on any atom is -0.378 e. The molecule has 1 fully saturated rings. The second-order valence-corrected chi connectivity index (χ2v) is 6.16. The van der Waals surface area contributed by atoms with Crippen LogP contribution in [0.3, 0.4) is 0 Å². The largest absolute Gasteiger partial charge is 0.378 e. The van der Waals surface area contributed by atoms with E-state index in [0.717, 1.165) is 31.4 Å². The number of rotatable bonds is 6. The number of carbonyl (C=O) groups is 1. The molecule has 6 heteroatoms. The molecule has 122 valence electrons. The van der Waals surface area contributed by atoms with Crippen molar-refractivity contribution >= 4 is 23.3 Å². The predicted octanol–water partition coefficient (Wildman–Crippen LogP) is 3.48. The van der Waals surface area contributed by atoms with Crippen molar-refractivity contribution in [2.24, 2.45) is 0 Å². The first-order valence-electron chi connectivity index (χ1n) is 7.88. The van der Waals surface area contributed by atoms with Crippen molar-refractivity contribution in [2.45, 2.75) is 38.3 Å². The second kappa shape index (κ2) is 7.62. The number of halogens is 1. The molecule has 0 spiro atoms. The molecule has 2 heterocycles. The number of nitrogens with zero attached hydrogens (tertiary/aromatic N) is 2. The first-order valence-corrected chi connectivity index (χ1v) is 8.26. The summed E-state index contributed by atoms with van der Waals surface area (Å²) in [5, 5.41) is 7.90. The summed E-state index contributed by atoms with van der Waals surface area (Å²) in [4.78, 5) is 12.1. The summed E-state index contributed by atoms with van der Waals surface area (Å²) in [7, 11) is 0. The molecule has 1 unspecified atom stereocenters. The van der Waals surface area contributed by atoms with Gasteiger partial charge < -0.3 is 10.1 Å². The lowest BCUT2D eigenvalue weighted by Gasteiger charge is -2.11. The van der Waals surface area contributed by atoms with Crippen molar-refractivity contribution in [3.63, 3.8) is 0 Å². The molecule has 1 amide bonds. The number of ether oxygens (including phenoxy) is 1. The maximum atomic E-state index is 12.1. The summed E-state index contributed by atoms with van der Waals surface area (Å²) in [5.41, 5.74) is 1.08. The molecule has 3 rings (SSSR count). The van der Waals surface area contributed by atoms with E-state index in [2.05, 4.69) is 10.4 Å². The molecule has 1 aliphatic heterocycles. The zero-order valence-corrected chi connectivity index (χ0v) is 13.6. The Kier molecular flexibility index (Phi) is 5.31. The van der Waals surface area contributed by atoms with Crippen LogP contribution in [0.5, 0.6) is 0 Å². The van der Waals surface area contributed by atoms with Crippen molar-refractivity contribution in [3.8, 4) is 0 Å². The number of anilines is 1. The lowest BCUT2D eigenvalue weighted by Crippen LogP contribution is -2.18. The minimum absolute atomic E-state index is 0.00152. The van der Waals surface area contributed by atoms with E-state index in [1.54, 1.807) is 16.9 Å². The highest BCUT2D eigenvalue weighted by molar-refractivity contribution is 6.30. The average Bonchev–Trinajstić information content (AvgIpc) is 3.20. The summed E-state index contributed by atoms with van der Waals surface area (Å²) in [5.74, 6) is 0.704. The molecule has 1 aliphatic rings. The van der Waals surface area contributed by atoms with Gasteiger partial charge in [-0.05, 0) is 37.0 Å². The van der Waals surface area contributed by atoms with Crippen LogP contribution in [-0.2, 0) is 16.1 Å². The number of amides is 1. The fraction of sp³-hybridized carbons (Fsp3) is 0.412. The van der Waals surface area contributed by atoms with Gasteiger partial charge in [0, 0.05) is 24.1 Å².